The van der Waals surface area contributed by atoms with E-state index in [1.54, 1.807) is 0 Å². The molecule has 0 aliphatic carbocycles. The summed E-state index contributed by atoms with van der Waals surface area (Å²) in [7, 11) is 0. The van der Waals surface area contributed by atoms with Crippen molar-refractivity contribution in [2.24, 2.45) is 5.73 Å². The van der Waals surface area contributed by atoms with Crippen LogP contribution in [0.4, 0.5) is 0 Å². The van der Waals surface area contributed by atoms with Crippen LogP contribution in [0.5, 0.6) is 0 Å². The van der Waals surface area contributed by atoms with Crippen molar-refractivity contribution in [3.05, 3.63) is 35.4 Å². The van der Waals surface area contributed by atoms with E-state index in [-0.39, 0.29) is 30.6 Å². The van der Waals surface area contributed by atoms with E-state index in [4.69, 9.17) is 10.5 Å². The number of nitrogens with two attached hydrogens (primary N) is 1. The van der Waals surface area contributed by atoms with Crippen LogP contribution in [0, 0.1) is 6.92 Å². The first-order valence-electron chi connectivity index (χ1n) is 8.79. The van der Waals surface area contributed by atoms with Crippen LogP contribution in [-0.2, 0) is 9.53 Å². The standard InChI is InChI=1S/C19H28N2O3/c1-15-3-5-16(6-4-15)18(22)7-8-19(23)21-12-9-17(10-13-21)24-14-2-11-20/h3-6,17H,2,7-14,20H2,1H3. The summed E-state index contributed by atoms with van der Waals surface area (Å²) in [6.07, 6.45) is 3.39. The summed E-state index contributed by atoms with van der Waals surface area (Å²) >= 11 is 0. The summed E-state index contributed by atoms with van der Waals surface area (Å²) in [5, 5.41) is 0. The molecule has 0 atom stereocenters. The first-order chi connectivity index (χ1) is 11.6. The average molecular weight is 332 g/mol. The van der Waals surface area contributed by atoms with E-state index in [2.05, 4.69) is 0 Å². The molecule has 132 valence electrons. The highest BCUT2D eigenvalue weighted by atomic mass is 16.5. The highest BCUT2D eigenvalue weighted by molar-refractivity contribution is 5.97. The zero-order chi connectivity index (χ0) is 17.4. The third-order valence-corrected chi connectivity index (χ3v) is 4.44. The van der Waals surface area contributed by atoms with Crippen LogP contribution in [0.15, 0.2) is 24.3 Å². The Hall–Kier alpha value is -1.72. The van der Waals surface area contributed by atoms with E-state index in [9.17, 15) is 9.59 Å². The van der Waals surface area contributed by atoms with E-state index in [1.807, 2.05) is 36.1 Å². The van der Waals surface area contributed by atoms with Gasteiger partial charge in [-0.05, 0) is 32.7 Å². The third-order valence-electron chi connectivity index (χ3n) is 4.44. The van der Waals surface area contributed by atoms with Crippen LogP contribution >= 0.6 is 0 Å². The molecule has 0 aromatic heterocycles. The lowest BCUT2D eigenvalue weighted by molar-refractivity contribution is -0.133. The van der Waals surface area contributed by atoms with Crippen molar-refractivity contribution in [3.63, 3.8) is 0 Å². The monoisotopic (exact) mass is 332 g/mol. The second kappa shape index (κ2) is 9.55. The van der Waals surface area contributed by atoms with Crippen molar-refractivity contribution in [1.29, 1.82) is 0 Å². The summed E-state index contributed by atoms with van der Waals surface area (Å²) in [5.74, 6) is 0.0965. The maximum Gasteiger partial charge on any atom is 0.223 e. The first-order valence-corrected chi connectivity index (χ1v) is 8.79. The maximum atomic E-state index is 12.3. The number of carbonyl (C=O) groups excluding carboxylic acids is 2. The fourth-order valence-electron chi connectivity index (χ4n) is 2.87. The molecule has 2 N–H and O–H groups in total. The van der Waals surface area contributed by atoms with Gasteiger partial charge in [-0.3, -0.25) is 9.59 Å². The molecule has 0 spiro atoms. The average Bonchev–Trinajstić information content (AvgIpc) is 2.61. The SMILES string of the molecule is Cc1ccc(C(=O)CCC(=O)N2CCC(OCCCN)CC2)cc1. The Bertz CT molecular complexity index is 534. The lowest BCUT2D eigenvalue weighted by atomic mass is 10.0. The van der Waals surface area contributed by atoms with Gasteiger partial charge in [0.25, 0.3) is 0 Å². The number of carbonyl (C=O) groups is 2. The van der Waals surface area contributed by atoms with Crippen molar-refractivity contribution < 1.29 is 14.3 Å². The predicted molar refractivity (Wildman–Crippen MR) is 94.0 cm³/mol. The summed E-state index contributed by atoms with van der Waals surface area (Å²) in [6, 6.07) is 7.49. The van der Waals surface area contributed by atoms with Crippen LogP contribution < -0.4 is 5.73 Å². The Labute approximate surface area is 144 Å². The van der Waals surface area contributed by atoms with Gasteiger partial charge in [0.2, 0.25) is 5.91 Å². The van der Waals surface area contributed by atoms with Gasteiger partial charge in [0.05, 0.1) is 6.10 Å². The van der Waals surface area contributed by atoms with Gasteiger partial charge in [0, 0.05) is 38.1 Å². The highest BCUT2D eigenvalue weighted by Gasteiger charge is 2.23. The Morgan fingerprint density at radius 1 is 1.17 bits per heavy atom. The second-order valence-electron chi connectivity index (χ2n) is 6.38. The van der Waals surface area contributed by atoms with Gasteiger partial charge in [0.15, 0.2) is 5.78 Å². The largest absolute Gasteiger partial charge is 0.378 e. The molecule has 2 rings (SSSR count). The number of rotatable bonds is 8. The smallest absolute Gasteiger partial charge is 0.223 e. The van der Waals surface area contributed by atoms with Gasteiger partial charge in [-0.25, -0.2) is 0 Å². The van der Waals surface area contributed by atoms with Crippen LogP contribution in [0.1, 0.15) is 48.0 Å². The first kappa shape index (κ1) is 18.6. The molecular weight excluding hydrogens is 304 g/mol. The molecule has 1 aliphatic rings. The molecule has 1 fully saturated rings. The molecule has 0 saturated carbocycles. The van der Waals surface area contributed by atoms with Crippen molar-refractivity contribution in [3.8, 4) is 0 Å². The second-order valence-corrected chi connectivity index (χ2v) is 6.38. The van der Waals surface area contributed by atoms with E-state index in [1.165, 1.54) is 0 Å². The summed E-state index contributed by atoms with van der Waals surface area (Å²) in [5.41, 5.74) is 7.26. The summed E-state index contributed by atoms with van der Waals surface area (Å²) < 4.78 is 5.74. The topological polar surface area (TPSA) is 72.6 Å². The molecular formula is C19H28N2O3. The minimum absolute atomic E-state index is 0.0309. The van der Waals surface area contributed by atoms with Gasteiger partial charge >= 0.3 is 0 Å². The zero-order valence-electron chi connectivity index (χ0n) is 14.5. The number of aryl methyl sites for hydroxylation is 1. The van der Waals surface area contributed by atoms with E-state index in [0.29, 0.717) is 31.8 Å². The fourth-order valence-corrected chi connectivity index (χ4v) is 2.87. The van der Waals surface area contributed by atoms with E-state index < -0.39 is 0 Å². The molecule has 5 heteroatoms. The fraction of sp³-hybridized carbons (Fsp3) is 0.579. The molecule has 1 aliphatic heterocycles. The van der Waals surface area contributed by atoms with Crippen LogP contribution in [-0.4, -0.2) is 48.9 Å². The maximum absolute atomic E-state index is 12.3. The molecule has 0 radical (unpaired) electrons. The molecule has 0 bridgehead atoms. The van der Waals surface area contributed by atoms with Crippen LogP contribution in [0.3, 0.4) is 0 Å². The van der Waals surface area contributed by atoms with Crippen molar-refractivity contribution in [2.45, 2.75) is 45.1 Å². The van der Waals surface area contributed by atoms with E-state index in [0.717, 1.165) is 24.8 Å². The number of hydrogen-bond donors (Lipinski definition) is 1. The van der Waals surface area contributed by atoms with E-state index >= 15 is 0 Å². The minimum atomic E-state index is 0.0309. The number of ether oxygens (including phenoxy) is 1. The number of amides is 1. The Kier molecular flexibility index (Phi) is 7.40. The molecule has 1 aromatic rings. The third kappa shape index (κ3) is 5.73. The normalized spacial score (nSPS) is 15.5. The quantitative estimate of drug-likeness (QED) is 0.586. The number of Topliss-reactive ketones (excluding diaryl/α,β-unsaturated/α-hetero) is 1. The van der Waals surface area contributed by atoms with Crippen molar-refractivity contribution in [1.82, 2.24) is 4.90 Å². The number of benzene rings is 1. The zero-order valence-corrected chi connectivity index (χ0v) is 14.5. The molecule has 1 heterocycles. The number of piperidine rings is 1. The van der Waals surface area contributed by atoms with Gasteiger partial charge in [-0.15, -0.1) is 0 Å². The molecule has 0 unspecified atom stereocenters. The molecule has 24 heavy (non-hydrogen) atoms. The van der Waals surface area contributed by atoms with Crippen LogP contribution in [0.2, 0.25) is 0 Å². The van der Waals surface area contributed by atoms with Crippen molar-refractivity contribution in [2.75, 3.05) is 26.2 Å². The lowest BCUT2D eigenvalue weighted by Gasteiger charge is -2.32. The summed E-state index contributed by atoms with van der Waals surface area (Å²) in [4.78, 5) is 26.3. The number of ketones is 1. The van der Waals surface area contributed by atoms with Gasteiger partial charge in [-0.2, -0.15) is 0 Å². The van der Waals surface area contributed by atoms with Gasteiger partial charge in [0.1, 0.15) is 0 Å². The number of likely N-dealkylation sites (tertiary alicyclic amines) is 1. The van der Waals surface area contributed by atoms with Crippen LogP contribution in [0.25, 0.3) is 0 Å². The molecule has 5 nitrogen and oxygen atoms in total. The summed E-state index contributed by atoms with van der Waals surface area (Å²) in [6.45, 7) is 4.75. The molecule has 1 amide bonds. The Morgan fingerprint density at radius 2 is 1.83 bits per heavy atom. The Balaban J connectivity index is 1.70. The Morgan fingerprint density at radius 3 is 2.46 bits per heavy atom. The highest BCUT2D eigenvalue weighted by Crippen LogP contribution is 2.16. The predicted octanol–water partition coefficient (Wildman–Crippen LogP) is 2.31. The molecule has 1 saturated heterocycles. The number of nitrogens with zero attached hydrogens (tertiary/aromatic N) is 1. The van der Waals surface area contributed by atoms with Gasteiger partial charge in [-0.1, -0.05) is 29.8 Å². The lowest BCUT2D eigenvalue weighted by Crippen LogP contribution is -2.41. The van der Waals surface area contributed by atoms with Gasteiger partial charge < -0.3 is 15.4 Å². The number of hydrogen-bond acceptors (Lipinski definition) is 4. The minimum Gasteiger partial charge on any atom is -0.378 e. The molecule has 1 aromatic carbocycles. The van der Waals surface area contributed by atoms with Crippen molar-refractivity contribution >= 4 is 11.7 Å².